The van der Waals surface area contributed by atoms with Gasteiger partial charge in [-0.05, 0) is 51.9 Å². The lowest BCUT2D eigenvalue weighted by Gasteiger charge is -2.48. The van der Waals surface area contributed by atoms with Gasteiger partial charge < -0.3 is 20.1 Å². The monoisotopic (exact) mass is 408 g/mol. The Labute approximate surface area is 173 Å². The van der Waals surface area contributed by atoms with E-state index in [1.165, 1.54) is 0 Å². The summed E-state index contributed by atoms with van der Waals surface area (Å²) in [6.45, 7) is 8.84. The second kappa shape index (κ2) is 7.47. The van der Waals surface area contributed by atoms with Crippen molar-refractivity contribution >= 4 is 11.8 Å². The van der Waals surface area contributed by atoms with Crippen LogP contribution in [0.1, 0.15) is 73.1 Å². The molecule has 1 spiro atoms. The highest BCUT2D eigenvalue weighted by Crippen LogP contribution is 2.63. The number of carbonyl (C=O) groups is 2. The largest absolute Gasteiger partial charge is 0.461 e. The summed E-state index contributed by atoms with van der Waals surface area (Å²) in [5, 5.41) is 32.8. The van der Waals surface area contributed by atoms with E-state index in [1.807, 2.05) is 13.0 Å². The Morgan fingerprint density at radius 3 is 2.52 bits per heavy atom. The maximum atomic E-state index is 13.1. The molecule has 2 bridgehead atoms. The van der Waals surface area contributed by atoms with E-state index in [2.05, 4.69) is 0 Å². The number of rotatable bonds is 2. The molecule has 0 radical (unpaired) electrons. The fourth-order valence-corrected chi connectivity index (χ4v) is 6.26. The van der Waals surface area contributed by atoms with Gasteiger partial charge in [0.05, 0.1) is 17.1 Å². The molecule has 0 saturated heterocycles. The van der Waals surface area contributed by atoms with Gasteiger partial charge in [0.25, 0.3) is 0 Å². The number of ketones is 1. The van der Waals surface area contributed by atoms with Gasteiger partial charge in [0.15, 0.2) is 5.78 Å². The predicted molar refractivity (Wildman–Crippen MR) is 108 cm³/mol. The minimum absolute atomic E-state index is 0.0294. The van der Waals surface area contributed by atoms with Crippen LogP contribution in [0, 0.1) is 22.7 Å². The summed E-state index contributed by atoms with van der Waals surface area (Å²) in [6.07, 6.45) is 1.83. The maximum Gasteiger partial charge on any atom is 0.305 e. The first-order valence-electron chi connectivity index (χ1n) is 10.9. The van der Waals surface area contributed by atoms with Gasteiger partial charge >= 0.3 is 5.97 Å². The summed E-state index contributed by atoms with van der Waals surface area (Å²) >= 11 is 0. The van der Waals surface area contributed by atoms with Crippen molar-refractivity contribution in [1.29, 1.82) is 0 Å². The van der Waals surface area contributed by atoms with Crippen LogP contribution in [0.2, 0.25) is 0 Å². The van der Waals surface area contributed by atoms with Crippen LogP contribution >= 0.6 is 0 Å². The van der Waals surface area contributed by atoms with Gasteiger partial charge in [-0.15, -0.1) is 0 Å². The Hall–Kier alpha value is -1.24. The molecular formula is C23H36O6. The Morgan fingerprint density at radius 2 is 1.90 bits per heavy atom. The average Bonchev–Trinajstić information content (AvgIpc) is 2.76. The highest BCUT2D eigenvalue weighted by molar-refractivity contribution is 5.88. The van der Waals surface area contributed by atoms with Gasteiger partial charge in [0.1, 0.15) is 12.2 Å². The minimum atomic E-state index is -1.29. The van der Waals surface area contributed by atoms with Gasteiger partial charge in [0.2, 0.25) is 0 Å². The molecule has 0 heterocycles. The van der Waals surface area contributed by atoms with E-state index in [0.29, 0.717) is 19.3 Å². The zero-order valence-corrected chi connectivity index (χ0v) is 18.3. The quantitative estimate of drug-likeness (QED) is 0.479. The first-order valence-corrected chi connectivity index (χ1v) is 10.9. The molecule has 0 aliphatic heterocycles. The van der Waals surface area contributed by atoms with Gasteiger partial charge in [-0.2, -0.15) is 0 Å². The number of ether oxygens (including phenoxy) is 1. The molecule has 2 saturated carbocycles. The number of hydrogen-bond acceptors (Lipinski definition) is 6. The van der Waals surface area contributed by atoms with E-state index in [0.717, 1.165) is 12.0 Å². The van der Waals surface area contributed by atoms with E-state index < -0.39 is 40.5 Å². The maximum absolute atomic E-state index is 13.1. The first-order chi connectivity index (χ1) is 13.4. The Morgan fingerprint density at radius 1 is 1.24 bits per heavy atom. The molecule has 7 atom stereocenters. The first kappa shape index (κ1) is 22.4. The number of aliphatic hydroxyl groups is 3. The molecule has 3 aliphatic carbocycles. The third-order valence-corrected chi connectivity index (χ3v) is 7.98. The molecule has 3 aliphatic rings. The third-order valence-electron chi connectivity index (χ3n) is 7.98. The highest BCUT2D eigenvalue weighted by atomic mass is 16.5. The molecule has 3 N–H and O–H groups in total. The molecule has 0 unspecified atom stereocenters. The summed E-state index contributed by atoms with van der Waals surface area (Å²) in [5.41, 5.74) is -1.76. The second-order valence-electron chi connectivity index (χ2n) is 10.3. The number of fused-ring (bicyclic) bond motifs is 1. The van der Waals surface area contributed by atoms with Crippen molar-refractivity contribution in [1.82, 2.24) is 0 Å². The van der Waals surface area contributed by atoms with Gasteiger partial charge in [-0.3, -0.25) is 9.59 Å². The average molecular weight is 409 g/mol. The number of hydrogen-bond donors (Lipinski definition) is 3. The summed E-state index contributed by atoms with van der Waals surface area (Å²) in [6, 6.07) is 0. The Kier molecular flexibility index (Phi) is 5.78. The molecule has 0 amide bonds. The highest BCUT2D eigenvalue weighted by Gasteiger charge is 2.66. The fraction of sp³-hybridized carbons (Fsp3) is 0.826. The molecule has 3 rings (SSSR count). The topological polar surface area (TPSA) is 104 Å². The second-order valence-corrected chi connectivity index (χ2v) is 10.3. The molecule has 0 aromatic carbocycles. The number of aliphatic hydroxyl groups excluding tert-OH is 2. The lowest BCUT2D eigenvalue weighted by atomic mass is 9.59. The van der Waals surface area contributed by atoms with E-state index in [4.69, 9.17) is 4.74 Å². The van der Waals surface area contributed by atoms with Crippen LogP contribution in [-0.2, 0) is 14.3 Å². The van der Waals surface area contributed by atoms with Gasteiger partial charge in [-0.25, -0.2) is 0 Å². The van der Waals surface area contributed by atoms with Crippen molar-refractivity contribution in [2.24, 2.45) is 22.7 Å². The van der Waals surface area contributed by atoms with Crippen molar-refractivity contribution in [2.75, 3.05) is 0 Å². The van der Waals surface area contributed by atoms with Gasteiger partial charge in [-0.1, -0.05) is 32.4 Å². The number of Topliss-reactive ketones (excluding diaryl/α,β-unsaturated/α-hetero) is 1. The predicted octanol–water partition coefficient (Wildman–Crippen LogP) is 2.53. The summed E-state index contributed by atoms with van der Waals surface area (Å²) in [7, 11) is 0. The van der Waals surface area contributed by atoms with Crippen molar-refractivity contribution in [3.05, 3.63) is 11.6 Å². The lowest BCUT2D eigenvalue weighted by Crippen LogP contribution is -2.52. The van der Waals surface area contributed by atoms with Crippen molar-refractivity contribution in [2.45, 2.75) is 97.1 Å². The number of esters is 1. The van der Waals surface area contributed by atoms with Crippen LogP contribution in [0.15, 0.2) is 11.6 Å². The molecule has 6 heteroatoms. The van der Waals surface area contributed by atoms with Crippen LogP contribution in [-0.4, -0.2) is 51.0 Å². The van der Waals surface area contributed by atoms with Crippen LogP contribution in [0.3, 0.4) is 0 Å². The SMILES string of the molecule is CCC(=O)O[C@H]1[C@@H]2CC[C@@H]3/C(C)=C/C[C@@H](O)C(C)(C)C(=O)[C@@H](O)C[C@@]31C[C@]2(C)O. The summed E-state index contributed by atoms with van der Waals surface area (Å²) < 4.78 is 5.90. The molecule has 2 fully saturated rings. The minimum Gasteiger partial charge on any atom is -0.461 e. The van der Waals surface area contributed by atoms with E-state index in [-0.39, 0.29) is 30.6 Å². The summed E-state index contributed by atoms with van der Waals surface area (Å²) in [5.74, 6) is -0.975. The molecular weight excluding hydrogens is 372 g/mol. The smallest absolute Gasteiger partial charge is 0.305 e. The Balaban J connectivity index is 2.13. The van der Waals surface area contributed by atoms with Crippen molar-refractivity contribution in [3.8, 4) is 0 Å². The van der Waals surface area contributed by atoms with Crippen LogP contribution in [0.4, 0.5) is 0 Å². The lowest BCUT2D eigenvalue weighted by molar-refractivity contribution is -0.169. The standard InChI is InChI=1S/C23H36O6/c1-6-18(26)29-20-15-9-8-14-13(2)7-10-17(25)21(3,4)19(27)16(24)11-23(14,20)12-22(15,5)28/h7,14-17,20,24-25,28H,6,8-12H2,1-5H3/b13-7+/t14-,15+,16+,17-,20+,22+,23-/m1/s1. The number of allylic oxidation sites excluding steroid dienone is 1. The van der Waals surface area contributed by atoms with E-state index >= 15 is 0 Å². The van der Waals surface area contributed by atoms with Crippen LogP contribution in [0.5, 0.6) is 0 Å². The third kappa shape index (κ3) is 3.57. The van der Waals surface area contributed by atoms with Crippen LogP contribution < -0.4 is 0 Å². The summed E-state index contributed by atoms with van der Waals surface area (Å²) in [4.78, 5) is 25.3. The van der Waals surface area contributed by atoms with E-state index in [9.17, 15) is 24.9 Å². The van der Waals surface area contributed by atoms with Gasteiger partial charge in [0, 0.05) is 17.8 Å². The van der Waals surface area contributed by atoms with Crippen molar-refractivity contribution in [3.63, 3.8) is 0 Å². The zero-order valence-electron chi connectivity index (χ0n) is 18.3. The molecule has 164 valence electrons. The molecule has 29 heavy (non-hydrogen) atoms. The van der Waals surface area contributed by atoms with Crippen LogP contribution in [0.25, 0.3) is 0 Å². The van der Waals surface area contributed by atoms with E-state index in [1.54, 1.807) is 27.7 Å². The Bertz CT molecular complexity index is 708. The normalized spacial score (nSPS) is 46.4. The fourth-order valence-electron chi connectivity index (χ4n) is 6.26. The molecule has 6 nitrogen and oxygen atoms in total. The number of carbonyl (C=O) groups excluding carboxylic acids is 2. The molecule has 0 aromatic rings. The van der Waals surface area contributed by atoms with Crippen molar-refractivity contribution < 1.29 is 29.6 Å². The zero-order chi connectivity index (χ0) is 21.8. The molecule has 0 aromatic heterocycles.